The Morgan fingerprint density at radius 1 is 1.00 bits per heavy atom. The first-order chi connectivity index (χ1) is 19.8. The molecule has 238 valence electrons. The first kappa shape index (κ1) is 35.7. The SMILES string of the molecule is CCCC[C@@H](C[C@H](O)[C@@H](N)C[C@@H](C(C)C)C(NC(=O)c1ccccc1CCN1CCN(C(C)=O)CC1)C(N)=O)C(C)C. The quantitative estimate of drug-likeness (QED) is 0.221. The molecular weight excluding hydrogens is 530 g/mol. The normalized spacial score (nSPS) is 18.0. The lowest BCUT2D eigenvalue weighted by Gasteiger charge is -2.34. The highest BCUT2D eigenvalue weighted by molar-refractivity contribution is 5.98. The summed E-state index contributed by atoms with van der Waals surface area (Å²) in [4.78, 5) is 42.1. The molecule has 3 amide bonds. The van der Waals surface area contributed by atoms with E-state index < -0.39 is 24.1 Å². The van der Waals surface area contributed by atoms with Crippen LogP contribution in [0.4, 0.5) is 0 Å². The molecule has 0 aliphatic carbocycles. The van der Waals surface area contributed by atoms with Gasteiger partial charge in [-0.1, -0.05) is 72.1 Å². The molecule has 0 radical (unpaired) electrons. The summed E-state index contributed by atoms with van der Waals surface area (Å²) in [5.41, 5.74) is 13.8. The summed E-state index contributed by atoms with van der Waals surface area (Å²) in [6.07, 6.45) is 4.25. The number of aliphatic hydroxyl groups excluding tert-OH is 1. The highest BCUT2D eigenvalue weighted by atomic mass is 16.3. The van der Waals surface area contributed by atoms with Crippen molar-refractivity contribution in [1.29, 1.82) is 0 Å². The Labute approximate surface area is 253 Å². The first-order valence-electron chi connectivity index (χ1n) is 15.9. The van der Waals surface area contributed by atoms with E-state index in [0.717, 1.165) is 44.5 Å². The number of carbonyl (C=O) groups excluding carboxylic acids is 3. The van der Waals surface area contributed by atoms with Crippen LogP contribution in [0.5, 0.6) is 0 Å². The van der Waals surface area contributed by atoms with Crippen molar-refractivity contribution in [3.8, 4) is 0 Å². The monoisotopic (exact) mass is 587 g/mol. The van der Waals surface area contributed by atoms with Crippen molar-refractivity contribution in [1.82, 2.24) is 15.1 Å². The summed E-state index contributed by atoms with van der Waals surface area (Å²) in [5, 5.41) is 14.0. The zero-order chi connectivity index (χ0) is 31.4. The van der Waals surface area contributed by atoms with Crippen LogP contribution in [-0.4, -0.2) is 83.5 Å². The van der Waals surface area contributed by atoms with Crippen molar-refractivity contribution in [3.05, 3.63) is 35.4 Å². The largest absolute Gasteiger partial charge is 0.392 e. The molecule has 6 N–H and O–H groups in total. The number of rotatable bonds is 17. The van der Waals surface area contributed by atoms with Crippen LogP contribution in [0.15, 0.2) is 24.3 Å². The number of nitrogens with two attached hydrogens (primary N) is 2. The summed E-state index contributed by atoms with van der Waals surface area (Å²) >= 11 is 0. The first-order valence-corrected chi connectivity index (χ1v) is 15.9. The molecule has 0 spiro atoms. The van der Waals surface area contributed by atoms with E-state index in [0.29, 0.717) is 49.8 Å². The smallest absolute Gasteiger partial charge is 0.252 e. The molecule has 1 saturated heterocycles. The molecule has 1 heterocycles. The minimum absolute atomic E-state index is 0.00551. The third-order valence-electron chi connectivity index (χ3n) is 9.11. The second-order valence-electron chi connectivity index (χ2n) is 12.9. The van der Waals surface area contributed by atoms with Crippen molar-refractivity contribution < 1.29 is 19.5 Å². The van der Waals surface area contributed by atoms with Gasteiger partial charge >= 0.3 is 0 Å². The number of hydrogen-bond acceptors (Lipinski definition) is 6. The number of amides is 3. The molecule has 0 bridgehead atoms. The average Bonchev–Trinajstić information content (AvgIpc) is 2.95. The Kier molecular flexibility index (Phi) is 14.9. The zero-order valence-electron chi connectivity index (χ0n) is 26.9. The zero-order valence-corrected chi connectivity index (χ0v) is 26.9. The molecule has 5 atom stereocenters. The number of nitrogens with one attached hydrogen (secondary N) is 1. The molecule has 0 saturated carbocycles. The Bertz CT molecular complexity index is 992. The third kappa shape index (κ3) is 11.0. The van der Waals surface area contributed by atoms with Crippen molar-refractivity contribution in [2.24, 2.45) is 35.1 Å². The van der Waals surface area contributed by atoms with Gasteiger partial charge in [0.05, 0.1) is 6.10 Å². The van der Waals surface area contributed by atoms with Crippen LogP contribution >= 0.6 is 0 Å². The van der Waals surface area contributed by atoms with Crippen molar-refractivity contribution in [3.63, 3.8) is 0 Å². The third-order valence-corrected chi connectivity index (χ3v) is 9.11. The number of nitrogens with zero attached hydrogens (tertiary/aromatic N) is 2. The van der Waals surface area contributed by atoms with Crippen molar-refractivity contribution in [2.45, 2.75) is 98.3 Å². The Morgan fingerprint density at radius 3 is 2.19 bits per heavy atom. The minimum Gasteiger partial charge on any atom is -0.392 e. The number of primary amides is 1. The summed E-state index contributed by atoms with van der Waals surface area (Å²) in [6.45, 7) is 15.9. The molecule has 1 aliphatic heterocycles. The van der Waals surface area contributed by atoms with Crippen molar-refractivity contribution in [2.75, 3.05) is 32.7 Å². The number of hydrogen-bond donors (Lipinski definition) is 4. The number of aliphatic hydroxyl groups is 1. The fourth-order valence-electron chi connectivity index (χ4n) is 6.07. The van der Waals surface area contributed by atoms with Gasteiger partial charge in [-0.25, -0.2) is 0 Å². The highest BCUT2D eigenvalue weighted by Crippen LogP contribution is 2.28. The van der Waals surface area contributed by atoms with Crippen LogP contribution in [0.3, 0.4) is 0 Å². The molecule has 1 aromatic carbocycles. The van der Waals surface area contributed by atoms with E-state index in [1.165, 1.54) is 0 Å². The van der Waals surface area contributed by atoms with Gasteiger partial charge in [0.2, 0.25) is 11.8 Å². The Morgan fingerprint density at radius 2 is 1.64 bits per heavy atom. The molecule has 9 heteroatoms. The van der Waals surface area contributed by atoms with E-state index in [4.69, 9.17) is 11.5 Å². The molecule has 1 aliphatic rings. The molecule has 2 rings (SSSR count). The van der Waals surface area contributed by atoms with Crippen LogP contribution < -0.4 is 16.8 Å². The average molecular weight is 588 g/mol. The number of carbonyl (C=O) groups is 3. The van der Waals surface area contributed by atoms with Gasteiger partial charge in [-0.05, 0) is 54.6 Å². The lowest BCUT2D eigenvalue weighted by atomic mass is 9.79. The standard InChI is InChI=1S/C33H57N5O4/c1-7-8-11-26(22(2)3)20-30(40)29(34)21-28(23(4)5)31(32(35)41)36-33(42)27-13-10-9-12-25(27)14-15-37-16-18-38(19-17-37)24(6)39/h9-10,12-13,22-23,26,28-31,40H,7-8,11,14-21,34H2,1-6H3,(H2,35,41)(H,36,42)/t26-,28-,29-,30-,31?/m0/s1. The molecule has 1 unspecified atom stereocenters. The Hall–Kier alpha value is -2.49. The fourth-order valence-corrected chi connectivity index (χ4v) is 6.07. The lowest BCUT2D eigenvalue weighted by molar-refractivity contribution is -0.130. The van der Waals surface area contributed by atoms with Gasteiger partial charge in [0, 0.05) is 51.3 Å². The molecule has 9 nitrogen and oxygen atoms in total. The fraction of sp³-hybridized carbons (Fsp3) is 0.727. The maximum atomic E-state index is 13.6. The van der Waals surface area contributed by atoms with E-state index >= 15 is 0 Å². The molecule has 1 aromatic rings. The topological polar surface area (TPSA) is 142 Å². The maximum absolute atomic E-state index is 13.6. The van der Waals surface area contributed by atoms with Gasteiger partial charge in [-0.15, -0.1) is 0 Å². The van der Waals surface area contributed by atoms with Crippen LogP contribution in [-0.2, 0) is 16.0 Å². The van der Waals surface area contributed by atoms with E-state index in [-0.39, 0.29) is 23.7 Å². The van der Waals surface area contributed by atoms with Crippen molar-refractivity contribution >= 4 is 17.7 Å². The van der Waals surface area contributed by atoms with Gasteiger partial charge in [-0.3, -0.25) is 19.3 Å². The van der Waals surface area contributed by atoms with Gasteiger partial charge in [0.15, 0.2) is 0 Å². The van der Waals surface area contributed by atoms with Gasteiger partial charge in [-0.2, -0.15) is 0 Å². The van der Waals surface area contributed by atoms with Gasteiger partial charge in [0.1, 0.15) is 6.04 Å². The summed E-state index contributed by atoms with van der Waals surface area (Å²) < 4.78 is 0. The summed E-state index contributed by atoms with van der Waals surface area (Å²) in [6, 6.07) is 6.00. The van der Waals surface area contributed by atoms with Crippen LogP contribution in [0.25, 0.3) is 0 Å². The predicted molar refractivity (Wildman–Crippen MR) is 169 cm³/mol. The van der Waals surface area contributed by atoms with E-state index in [1.807, 2.05) is 36.9 Å². The van der Waals surface area contributed by atoms with E-state index in [2.05, 4.69) is 31.0 Å². The van der Waals surface area contributed by atoms with Gasteiger partial charge in [0.25, 0.3) is 5.91 Å². The van der Waals surface area contributed by atoms with E-state index in [9.17, 15) is 19.5 Å². The number of piperazine rings is 1. The highest BCUT2D eigenvalue weighted by Gasteiger charge is 2.34. The van der Waals surface area contributed by atoms with Crippen LogP contribution in [0, 0.1) is 23.7 Å². The minimum atomic E-state index is -0.913. The predicted octanol–water partition coefficient (Wildman–Crippen LogP) is 3.18. The van der Waals surface area contributed by atoms with Gasteiger partial charge < -0.3 is 26.8 Å². The second-order valence-corrected chi connectivity index (χ2v) is 12.9. The molecule has 1 fully saturated rings. The number of benzene rings is 1. The van der Waals surface area contributed by atoms with Crippen LogP contribution in [0.2, 0.25) is 0 Å². The molecule has 0 aromatic heterocycles. The number of unbranched alkanes of at least 4 members (excludes halogenated alkanes) is 1. The summed E-state index contributed by atoms with van der Waals surface area (Å²) in [7, 11) is 0. The van der Waals surface area contributed by atoms with E-state index in [1.54, 1.807) is 13.0 Å². The molecule has 42 heavy (non-hydrogen) atoms. The Balaban J connectivity index is 2.09. The molecular formula is C33H57N5O4. The van der Waals surface area contributed by atoms with Crippen LogP contribution in [0.1, 0.15) is 89.6 Å². The maximum Gasteiger partial charge on any atom is 0.252 e. The summed E-state index contributed by atoms with van der Waals surface area (Å²) in [5.74, 6) is -0.336. The lowest BCUT2D eigenvalue weighted by Crippen LogP contribution is -2.53. The second kappa shape index (κ2) is 17.6.